The largest absolute Gasteiger partial charge is 0.481 e. The maximum atomic E-state index is 10.0. The smallest absolute Gasteiger partial charge is 0.305 e. The lowest BCUT2D eigenvalue weighted by Gasteiger charge is -2.07. The molecule has 4 heteroatoms. The van der Waals surface area contributed by atoms with Crippen molar-refractivity contribution >= 4 is 12.3 Å². The molecular formula is C6H10O4. The van der Waals surface area contributed by atoms with Crippen LogP contribution in [0.15, 0.2) is 0 Å². The van der Waals surface area contributed by atoms with Gasteiger partial charge in [0.2, 0.25) is 0 Å². The number of aliphatic carboxylic acids is 1. The summed E-state index contributed by atoms with van der Waals surface area (Å²) in [6.07, 6.45) is 0.199. The summed E-state index contributed by atoms with van der Waals surface area (Å²) in [7, 11) is 1.39. The van der Waals surface area contributed by atoms with Crippen LogP contribution in [0.4, 0.5) is 0 Å². The fourth-order valence-corrected chi connectivity index (χ4v) is 0.565. The molecule has 0 spiro atoms. The van der Waals surface area contributed by atoms with Crippen LogP contribution in [-0.4, -0.2) is 30.6 Å². The highest BCUT2D eigenvalue weighted by atomic mass is 16.5. The number of carboxylic acids is 1. The highest BCUT2D eigenvalue weighted by Gasteiger charge is 2.10. The van der Waals surface area contributed by atoms with Crippen LogP contribution in [0.3, 0.4) is 0 Å². The van der Waals surface area contributed by atoms with Gasteiger partial charge < -0.3 is 14.6 Å². The van der Waals surface area contributed by atoms with E-state index in [1.807, 2.05) is 0 Å². The van der Waals surface area contributed by atoms with Crippen LogP contribution in [0.25, 0.3) is 0 Å². The summed E-state index contributed by atoms with van der Waals surface area (Å²) in [5.74, 6) is -0.950. The summed E-state index contributed by atoms with van der Waals surface area (Å²) in [4.78, 5) is 19.9. The Bertz CT molecular complexity index is 121. The zero-order valence-corrected chi connectivity index (χ0v) is 5.74. The Morgan fingerprint density at radius 1 is 1.80 bits per heavy atom. The van der Waals surface area contributed by atoms with E-state index in [-0.39, 0.29) is 12.8 Å². The van der Waals surface area contributed by atoms with Gasteiger partial charge in [0.15, 0.2) is 0 Å². The Morgan fingerprint density at radius 3 is 2.70 bits per heavy atom. The number of carbonyl (C=O) groups is 2. The van der Waals surface area contributed by atoms with Crippen LogP contribution in [0.5, 0.6) is 0 Å². The Hall–Kier alpha value is -0.900. The molecule has 0 aliphatic heterocycles. The van der Waals surface area contributed by atoms with Gasteiger partial charge in [-0.15, -0.1) is 0 Å². The van der Waals surface area contributed by atoms with E-state index in [1.165, 1.54) is 7.11 Å². The number of ether oxygens (including phenoxy) is 1. The van der Waals surface area contributed by atoms with E-state index in [9.17, 15) is 9.59 Å². The molecule has 0 aromatic heterocycles. The molecule has 0 aromatic carbocycles. The van der Waals surface area contributed by atoms with Crippen LogP contribution in [0, 0.1) is 0 Å². The summed E-state index contributed by atoms with van der Waals surface area (Å²) < 4.78 is 4.69. The molecule has 0 aromatic rings. The minimum absolute atomic E-state index is 0.116. The maximum Gasteiger partial charge on any atom is 0.305 e. The van der Waals surface area contributed by atoms with E-state index < -0.39 is 12.1 Å². The van der Waals surface area contributed by atoms with Crippen LogP contribution >= 0.6 is 0 Å². The Kier molecular flexibility index (Phi) is 4.49. The molecule has 1 unspecified atom stereocenters. The monoisotopic (exact) mass is 146 g/mol. The van der Waals surface area contributed by atoms with Crippen molar-refractivity contribution in [3.05, 3.63) is 0 Å². The predicted molar refractivity (Wildman–Crippen MR) is 33.7 cm³/mol. The maximum absolute atomic E-state index is 10.0. The Labute approximate surface area is 58.8 Å². The van der Waals surface area contributed by atoms with Crippen molar-refractivity contribution in [2.24, 2.45) is 0 Å². The summed E-state index contributed by atoms with van der Waals surface area (Å²) >= 11 is 0. The summed E-state index contributed by atoms with van der Waals surface area (Å²) in [6.45, 7) is 0. The first-order valence-electron chi connectivity index (χ1n) is 2.89. The molecular weight excluding hydrogens is 136 g/mol. The highest BCUT2D eigenvalue weighted by molar-refractivity contribution is 5.68. The Morgan fingerprint density at radius 2 is 2.40 bits per heavy atom. The molecule has 0 fully saturated rings. The van der Waals surface area contributed by atoms with E-state index in [0.29, 0.717) is 6.29 Å². The second-order valence-electron chi connectivity index (χ2n) is 1.86. The van der Waals surface area contributed by atoms with E-state index >= 15 is 0 Å². The average Bonchev–Trinajstić information content (AvgIpc) is 1.86. The van der Waals surface area contributed by atoms with Crippen molar-refractivity contribution in [1.29, 1.82) is 0 Å². The van der Waals surface area contributed by atoms with E-state index in [0.717, 1.165) is 0 Å². The number of aldehydes is 1. The van der Waals surface area contributed by atoms with Crippen molar-refractivity contribution in [3.63, 3.8) is 0 Å². The molecule has 0 saturated heterocycles. The quantitative estimate of drug-likeness (QED) is 0.557. The zero-order chi connectivity index (χ0) is 7.98. The van der Waals surface area contributed by atoms with Gasteiger partial charge in [0, 0.05) is 13.5 Å². The lowest BCUT2D eigenvalue weighted by Crippen LogP contribution is -2.15. The summed E-state index contributed by atoms with van der Waals surface area (Å²) in [5, 5.41) is 8.25. The van der Waals surface area contributed by atoms with Crippen molar-refractivity contribution in [3.8, 4) is 0 Å². The second kappa shape index (κ2) is 4.93. The number of rotatable bonds is 5. The van der Waals surface area contributed by atoms with Crippen LogP contribution in [0.2, 0.25) is 0 Å². The lowest BCUT2D eigenvalue weighted by molar-refractivity contribution is -0.139. The molecule has 0 aliphatic carbocycles. The second-order valence-corrected chi connectivity index (χ2v) is 1.86. The molecule has 10 heavy (non-hydrogen) atoms. The van der Waals surface area contributed by atoms with Crippen LogP contribution in [-0.2, 0) is 14.3 Å². The first kappa shape index (κ1) is 9.10. The molecule has 1 N–H and O–H groups in total. The van der Waals surface area contributed by atoms with Gasteiger partial charge in [-0.2, -0.15) is 0 Å². The van der Waals surface area contributed by atoms with E-state index in [2.05, 4.69) is 4.74 Å². The molecule has 0 amide bonds. The van der Waals surface area contributed by atoms with Gasteiger partial charge in [0.1, 0.15) is 6.29 Å². The van der Waals surface area contributed by atoms with Crippen molar-refractivity contribution in [2.45, 2.75) is 18.9 Å². The first-order valence-corrected chi connectivity index (χ1v) is 2.89. The molecule has 0 bridgehead atoms. The number of carbonyl (C=O) groups excluding carboxylic acids is 1. The Balaban J connectivity index is 3.59. The third-order valence-electron chi connectivity index (χ3n) is 1.09. The molecule has 0 heterocycles. The van der Waals surface area contributed by atoms with Gasteiger partial charge >= 0.3 is 5.97 Å². The predicted octanol–water partition coefficient (Wildman–Crippen LogP) is 0.0651. The van der Waals surface area contributed by atoms with Crippen molar-refractivity contribution in [2.75, 3.05) is 7.11 Å². The van der Waals surface area contributed by atoms with Gasteiger partial charge in [-0.25, -0.2) is 0 Å². The minimum Gasteiger partial charge on any atom is -0.481 e. The summed E-state index contributed by atoms with van der Waals surface area (Å²) in [5.41, 5.74) is 0. The highest BCUT2D eigenvalue weighted by Crippen LogP contribution is 1.99. The molecule has 0 saturated carbocycles. The number of methoxy groups -OCH3 is 1. The fourth-order valence-electron chi connectivity index (χ4n) is 0.565. The van der Waals surface area contributed by atoms with Crippen molar-refractivity contribution < 1.29 is 19.4 Å². The minimum atomic E-state index is -0.950. The van der Waals surface area contributed by atoms with Gasteiger partial charge in [0.05, 0.1) is 12.5 Å². The van der Waals surface area contributed by atoms with Crippen molar-refractivity contribution in [1.82, 2.24) is 0 Å². The number of hydrogen-bond acceptors (Lipinski definition) is 3. The number of carboxylic acid groups (broad SMARTS) is 1. The number of hydrogen-bond donors (Lipinski definition) is 1. The molecule has 58 valence electrons. The molecule has 0 rings (SSSR count). The lowest BCUT2D eigenvalue weighted by atomic mass is 10.2. The average molecular weight is 146 g/mol. The molecule has 0 aliphatic rings. The zero-order valence-electron chi connectivity index (χ0n) is 5.74. The molecule has 1 atom stereocenters. The standard InChI is InChI=1S/C6H10O4/c1-10-5(2-3-7)4-6(8)9/h3,5H,2,4H2,1H3,(H,8,9). The molecule has 4 nitrogen and oxygen atoms in total. The van der Waals surface area contributed by atoms with E-state index in [4.69, 9.17) is 5.11 Å². The normalized spacial score (nSPS) is 12.5. The van der Waals surface area contributed by atoms with Gasteiger partial charge in [-0.05, 0) is 0 Å². The topological polar surface area (TPSA) is 63.6 Å². The first-order chi connectivity index (χ1) is 4.70. The van der Waals surface area contributed by atoms with Gasteiger partial charge in [-0.3, -0.25) is 4.79 Å². The SMILES string of the molecule is COC(CC=O)CC(=O)O. The van der Waals surface area contributed by atoms with Crippen LogP contribution < -0.4 is 0 Å². The van der Waals surface area contributed by atoms with E-state index in [1.54, 1.807) is 0 Å². The third kappa shape index (κ3) is 4.03. The fraction of sp³-hybridized carbons (Fsp3) is 0.667. The molecule has 0 radical (unpaired) electrons. The summed E-state index contributed by atoms with van der Waals surface area (Å²) in [6, 6.07) is 0. The third-order valence-corrected chi connectivity index (χ3v) is 1.09. The van der Waals surface area contributed by atoms with Gasteiger partial charge in [-0.1, -0.05) is 0 Å². The van der Waals surface area contributed by atoms with Crippen LogP contribution in [0.1, 0.15) is 12.8 Å². The van der Waals surface area contributed by atoms with Gasteiger partial charge in [0.25, 0.3) is 0 Å².